The molecule has 5 nitrogen and oxygen atoms in total. The van der Waals surface area contributed by atoms with E-state index in [0.717, 1.165) is 83.5 Å². The summed E-state index contributed by atoms with van der Waals surface area (Å²) in [7, 11) is 0. The second-order valence-corrected chi connectivity index (χ2v) is 10.3. The Morgan fingerprint density at radius 3 is 2.30 bits per heavy atom. The van der Waals surface area contributed by atoms with Crippen molar-refractivity contribution in [3.05, 3.63) is 71.6 Å². The van der Waals surface area contributed by atoms with Gasteiger partial charge in [0.1, 0.15) is 24.4 Å². The van der Waals surface area contributed by atoms with Gasteiger partial charge in [0, 0.05) is 47.4 Å². The highest BCUT2D eigenvalue weighted by Crippen LogP contribution is 2.42. The van der Waals surface area contributed by atoms with Crippen molar-refractivity contribution in [2.45, 2.75) is 66.7 Å². The molecule has 0 spiro atoms. The average molecular weight is 542 g/mol. The van der Waals surface area contributed by atoms with E-state index in [2.05, 4.69) is 80.5 Å². The van der Waals surface area contributed by atoms with Gasteiger partial charge in [-0.25, -0.2) is 9.37 Å². The summed E-state index contributed by atoms with van der Waals surface area (Å²) in [5, 5.41) is 2.11. The molecule has 0 unspecified atom stereocenters. The molecule has 0 radical (unpaired) electrons. The third-order valence-corrected chi connectivity index (χ3v) is 7.84. The highest BCUT2D eigenvalue weighted by molar-refractivity contribution is 6.08. The third kappa shape index (κ3) is 6.41. The lowest BCUT2D eigenvalue weighted by molar-refractivity contribution is 0.0498. The van der Waals surface area contributed by atoms with Crippen LogP contribution in [0.2, 0.25) is 0 Å². The van der Waals surface area contributed by atoms with Gasteiger partial charge in [-0.3, -0.25) is 0 Å². The number of nitrogens with zero attached hydrogens (tertiary/aromatic N) is 2. The molecule has 4 rings (SSSR count). The smallest absolute Gasteiger partial charge is 0.338 e. The van der Waals surface area contributed by atoms with Gasteiger partial charge in [-0.1, -0.05) is 50.8 Å². The quantitative estimate of drug-likeness (QED) is 0.0745. The first-order valence-corrected chi connectivity index (χ1v) is 15.2. The van der Waals surface area contributed by atoms with Crippen molar-refractivity contribution in [3.8, 4) is 22.5 Å². The van der Waals surface area contributed by atoms with Gasteiger partial charge in [0.05, 0.1) is 18.2 Å². The topological polar surface area (TPSA) is 45.7 Å². The maximum atomic E-state index is 13.4. The first kappa shape index (κ1) is 29.4. The van der Waals surface area contributed by atoms with Crippen LogP contribution in [-0.4, -0.2) is 38.8 Å². The largest absolute Gasteiger partial charge is 0.462 e. The highest BCUT2D eigenvalue weighted by Gasteiger charge is 2.23. The summed E-state index contributed by atoms with van der Waals surface area (Å²) < 4.78 is 14.7. The summed E-state index contributed by atoms with van der Waals surface area (Å²) in [4.78, 5) is 15.7. The standard InChI is InChI=1S/C35H45N2O3/c1-6-11-12-13-16-23-39-35(38)29-18-15-14-17-28(29)34-30-21-19-26(36(7-2)8-3)24-32(30)40-33-25-27(20-22-31(33)34)37(9-4)10-5/h14-15,17-22,24-25H,6-13,16,23H2,1-5H3/q+1. The maximum absolute atomic E-state index is 13.4. The van der Waals surface area contributed by atoms with Crippen LogP contribution in [0.25, 0.3) is 33.4 Å². The Labute approximate surface area is 239 Å². The SMILES string of the molecule is CCCCCCCOC(=O)c1ccccc1-c1c2ccc(=[N+](CC)CC)cc-2oc2cc(N(CC)CC)ccc12. The first-order valence-electron chi connectivity index (χ1n) is 15.2. The van der Waals surface area contributed by atoms with Gasteiger partial charge in [-0.15, -0.1) is 0 Å². The zero-order valence-corrected chi connectivity index (χ0v) is 25.0. The van der Waals surface area contributed by atoms with E-state index in [1.54, 1.807) is 0 Å². The minimum atomic E-state index is -0.271. The molecule has 2 aromatic rings. The lowest BCUT2D eigenvalue weighted by Crippen LogP contribution is -2.29. The Morgan fingerprint density at radius 2 is 1.57 bits per heavy atom. The lowest BCUT2D eigenvalue weighted by atomic mass is 9.90. The van der Waals surface area contributed by atoms with Crippen molar-refractivity contribution in [3.63, 3.8) is 0 Å². The number of fused-ring (bicyclic) bond motifs is 2. The van der Waals surface area contributed by atoms with Crippen LogP contribution in [0.4, 0.5) is 5.69 Å². The molecule has 0 fully saturated rings. The van der Waals surface area contributed by atoms with Crippen molar-refractivity contribution in [2.24, 2.45) is 0 Å². The van der Waals surface area contributed by atoms with Gasteiger partial charge in [-0.05, 0) is 63.9 Å². The number of unbranched alkanes of at least 4 members (excludes halogenated alkanes) is 4. The summed E-state index contributed by atoms with van der Waals surface area (Å²) in [6.07, 6.45) is 5.59. The van der Waals surface area contributed by atoms with Crippen LogP contribution in [0.3, 0.4) is 0 Å². The molecule has 0 amide bonds. The molecule has 0 saturated heterocycles. The fourth-order valence-corrected chi connectivity index (χ4v) is 5.56. The van der Waals surface area contributed by atoms with Gasteiger partial charge in [-0.2, -0.15) is 0 Å². The fraction of sp³-hybridized carbons (Fsp3) is 0.429. The van der Waals surface area contributed by atoms with Gasteiger partial charge in [0.15, 0.2) is 0 Å². The van der Waals surface area contributed by atoms with Crippen molar-refractivity contribution in [2.75, 3.05) is 37.7 Å². The summed E-state index contributed by atoms with van der Waals surface area (Å²) in [5.41, 5.74) is 5.38. The number of carbonyl (C=O) groups excluding carboxylic acids is 1. The number of hydrogen-bond donors (Lipinski definition) is 0. The molecule has 0 saturated carbocycles. The van der Waals surface area contributed by atoms with Gasteiger partial charge in [0.2, 0.25) is 5.36 Å². The Kier molecular flexibility index (Phi) is 10.4. The summed E-state index contributed by atoms with van der Waals surface area (Å²) >= 11 is 0. The van der Waals surface area contributed by atoms with Crippen molar-refractivity contribution >= 4 is 22.6 Å². The van der Waals surface area contributed by atoms with Crippen molar-refractivity contribution in [1.29, 1.82) is 0 Å². The molecule has 0 bridgehead atoms. The molecule has 1 aliphatic heterocycles. The second kappa shape index (κ2) is 14.2. The Balaban J connectivity index is 1.88. The molecule has 0 N–H and O–H groups in total. The normalized spacial score (nSPS) is 11.2. The van der Waals surface area contributed by atoms with Gasteiger partial charge >= 0.3 is 5.97 Å². The third-order valence-electron chi connectivity index (χ3n) is 7.84. The molecule has 212 valence electrons. The van der Waals surface area contributed by atoms with E-state index in [4.69, 9.17) is 9.15 Å². The zero-order valence-electron chi connectivity index (χ0n) is 25.0. The summed E-state index contributed by atoms with van der Waals surface area (Å²) in [6, 6.07) is 20.7. The van der Waals surface area contributed by atoms with E-state index in [-0.39, 0.29) is 5.97 Å². The summed E-state index contributed by atoms with van der Waals surface area (Å²) in [6.45, 7) is 15.0. The predicted octanol–water partition coefficient (Wildman–Crippen LogP) is 7.99. The molecule has 2 aliphatic rings. The number of benzene rings is 3. The number of anilines is 1. The van der Waals surface area contributed by atoms with Crippen LogP contribution in [-0.2, 0) is 4.74 Å². The predicted molar refractivity (Wildman–Crippen MR) is 167 cm³/mol. The fourth-order valence-electron chi connectivity index (χ4n) is 5.56. The van der Waals surface area contributed by atoms with E-state index in [1.807, 2.05) is 24.3 Å². The Morgan fingerprint density at radius 1 is 0.825 bits per heavy atom. The molecule has 1 heterocycles. The van der Waals surface area contributed by atoms with Crippen LogP contribution >= 0.6 is 0 Å². The Hall–Kier alpha value is -3.60. The van der Waals surface area contributed by atoms with E-state index in [9.17, 15) is 4.79 Å². The highest BCUT2D eigenvalue weighted by atomic mass is 16.5. The van der Waals surface area contributed by atoms with Crippen LogP contribution in [0.1, 0.15) is 77.1 Å². The van der Waals surface area contributed by atoms with Crippen LogP contribution in [0.15, 0.2) is 65.1 Å². The number of esters is 1. The van der Waals surface area contributed by atoms with Crippen LogP contribution < -0.4 is 14.8 Å². The second-order valence-electron chi connectivity index (χ2n) is 10.3. The minimum Gasteiger partial charge on any atom is -0.462 e. The van der Waals surface area contributed by atoms with Crippen LogP contribution in [0.5, 0.6) is 0 Å². The van der Waals surface area contributed by atoms with Crippen molar-refractivity contribution in [1.82, 2.24) is 4.58 Å². The molecule has 1 aliphatic carbocycles. The van der Waals surface area contributed by atoms with E-state index in [1.165, 1.54) is 19.3 Å². The zero-order chi connectivity index (χ0) is 28.5. The van der Waals surface area contributed by atoms with Gasteiger partial charge in [0.25, 0.3) is 0 Å². The van der Waals surface area contributed by atoms with E-state index >= 15 is 0 Å². The Bertz CT molecular complexity index is 1460. The van der Waals surface area contributed by atoms with Crippen LogP contribution in [0, 0.1) is 0 Å². The number of carbonyl (C=O) groups is 1. The minimum absolute atomic E-state index is 0.271. The maximum Gasteiger partial charge on any atom is 0.338 e. The van der Waals surface area contributed by atoms with Crippen molar-refractivity contribution < 1.29 is 13.9 Å². The lowest BCUT2D eigenvalue weighted by Gasteiger charge is -2.22. The van der Waals surface area contributed by atoms with E-state index < -0.39 is 0 Å². The number of ether oxygens (including phenoxy) is 1. The molecule has 0 aromatic heterocycles. The van der Waals surface area contributed by atoms with E-state index in [0.29, 0.717) is 12.2 Å². The monoisotopic (exact) mass is 541 g/mol. The molecule has 2 aromatic carbocycles. The summed E-state index contributed by atoms with van der Waals surface area (Å²) in [5.74, 6) is 0.537. The van der Waals surface area contributed by atoms with Gasteiger partial charge < -0.3 is 14.1 Å². The molecular weight excluding hydrogens is 496 g/mol. The molecular formula is C35H45N2O3+. The average Bonchev–Trinajstić information content (AvgIpc) is 2.98. The number of hydrogen-bond acceptors (Lipinski definition) is 4. The first-order chi connectivity index (χ1) is 19.6. The molecule has 5 heteroatoms. The molecule has 0 atom stereocenters. The number of rotatable bonds is 13. The molecule has 40 heavy (non-hydrogen) atoms.